The molecular weight excluding hydrogens is 298 g/mol. The van der Waals surface area contributed by atoms with Gasteiger partial charge in [0.05, 0.1) is 11.5 Å². The van der Waals surface area contributed by atoms with E-state index in [0.29, 0.717) is 29.2 Å². The second-order valence-corrected chi connectivity index (χ2v) is 7.04. The second-order valence-electron chi connectivity index (χ2n) is 4.70. The number of hydrogen-bond donors (Lipinski definition) is 1. The van der Waals surface area contributed by atoms with E-state index >= 15 is 0 Å². The minimum atomic E-state index is -3.57. The number of nitrogens with zero attached hydrogens (tertiary/aromatic N) is 1. The van der Waals surface area contributed by atoms with E-state index in [4.69, 9.17) is 11.6 Å². The van der Waals surface area contributed by atoms with E-state index < -0.39 is 10.0 Å². The van der Waals surface area contributed by atoms with Crippen LogP contribution >= 0.6 is 11.6 Å². The molecule has 0 saturated heterocycles. The van der Waals surface area contributed by atoms with E-state index in [2.05, 4.69) is 0 Å². The number of halogens is 1. The Labute approximate surface area is 126 Å². The lowest BCUT2D eigenvalue weighted by molar-refractivity contribution is 0.280. The fraction of sp³-hybridized carbons (Fsp3) is 0.571. The quantitative estimate of drug-likeness (QED) is 0.840. The number of aliphatic hydroxyl groups is 1. The predicted molar refractivity (Wildman–Crippen MR) is 81.5 cm³/mol. The van der Waals surface area contributed by atoms with Gasteiger partial charge < -0.3 is 5.11 Å². The summed E-state index contributed by atoms with van der Waals surface area (Å²) in [5, 5.41) is 9.63. The Morgan fingerprint density at radius 1 is 1.30 bits per heavy atom. The third kappa shape index (κ3) is 3.73. The standard InChI is InChI=1S/C14H22ClNO3S/c1-4-6-7-16(5-2)20(18,19)14-9-13(15)8-12(10-17)11(14)3/h8-9,17H,4-7,10H2,1-3H3. The molecule has 0 aromatic heterocycles. The van der Waals surface area contributed by atoms with Crippen LogP contribution in [0.5, 0.6) is 0 Å². The summed E-state index contributed by atoms with van der Waals surface area (Å²) in [6, 6.07) is 3.05. The van der Waals surface area contributed by atoms with Gasteiger partial charge in [-0.1, -0.05) is 31.9 Å². The van der Waals surface area contributed by atoms with Crippen LogP contribution in [0.3, 0.4) is 0 Å². The molecular formula is C14H22ClNO3S. The number of hydrogen-bond acceptors (Lipinski definition) is 3. The highest BCUT2D eigenvalue weighted by atomic mass is 35.5. The van der Waals surface area contributed by atoms with Gasteiger partial charge >= 0.3 is 0 Å². The highest BCUT2D eigenvalue weighted by Gasteiger charge is 2.25. The topological polar surface area (TPSA) is 57.6 Å². The van der Waals surface area contributed by atoms with Crippen molar-refractivity contribution in [3.8, 4) is 0 Å². The summed E-state index contributed by atoms with van der Waals surface area (Å²) in [6.45, 7) is 6.23. The minimum Gasteiger partial charge on any atom is -0.392 e. The summed E-state index contributed by atoms with van der Waals surface area (Å²) in [4.78, 5) is 0.187. The number of unbranched alkanes of at least 4 members (excludes halogenated alkanes) is 1. The predicted octanol–water partition coefficient (Wildman–Crippen LogP) is 2.95. The van der Waals surface area contributed by atoms with Crippen molar-refractivity contribution in [1.29, 1.82) is 0 Å². The molecule has 114 valence electrons. The zero-order valence-electron chi connectivity index (χ0n) is 12.2. The van der Waals surface area contributed by atoms with E-state index in [9.17, 15) is 13.5 Å². The zero-order chi connectivity index (χ0) is 15.3. The van der Waals surface area contributed by atoms with Gasteiger partial charge in [0.2, 0.25) is 10.0 Å². The Morgan fingerprint density at radius 3 is 2.45 bits per heavy atom. The molecule has 1 rings (SSSR count). The molecule has 0 aliphatic carbocycles. The lowest BCUT2D eigenvalue weighted by Gasteiger charge is -2.22. The Hall–Kier alpha value is -0.620. The average molecular weight is 320 g/mol. The largest absolute Gasteiger partial charge is 0.392 e. The molecule has 0 spiro atoms. The monoisotopic (exact) mass is 319 g/mol. The van der Waals surface area contributed by atoms with Crippen LogP contribution in [-0.2, 0) is 16.6 Å². The molecule has 6 heteroatoms. The molecule has 20 heavy (non-hydrogen) atoms. The summed E-state index contributed by atoms with van der Waals surface area (Å²) >= 11 is 5.96. The van der Waals surface area contributed by atoms with Gasteiger partial charge in [-0.2, -0.15) is 4.31 Å². The third-order valence-corrected chi connectivity index (χ3v) is 5.65. The third-order valence-electron chi connectivity index (χ3n) is 3.33. The van der Waals surface area contributed by atoms with Gasteiger partial charge in [-0.15, -0.1) is 0 Å². The Bertz CT molecular complexity index is 558. The molecule has 0 heterocycles. The summed E-state index contributed by atoms with van der Waals surface area (Å²) in [6.07, 6.45) is 1.75. The molecule has 0 radical (unpaired) electrons. The molecule has 1 aromatic rings. The van der Waals surface area contributed by atoms with E-state index in [-0.39, 0.29) is 11.5 Å². The van der Waals surface area contributed by atoms with Gasteiger partial charge in [-0.3, -0.25) is 0 Å². The fourth-order valence-corrected chi connectivity index (χ4v) is 4.15. The lowest BCUT2D eigenvalue weighted by atomic mass is 10.1. The fourth-order valence-electron chi connectivity index (χ4n) is 2.06. The van der Waals surface area contributed by atoms with Crippen LogP contribution in [0, 0.1) is 6.92 Å². The van der Waals surface area contributed by atoms with Crippen LogP contribution in [0.1, 0.15) is 37.8 Å². The lowest BCUT2D eigenvalue weighted by Crippen LogP contribution is -2.32. The summed E-state index contributed by atoms with van der Waals surface area (Å²) in [7, 11) is -3.57. The summed E-state index contributed by atoms with van der Waals surface area (Å²) < 4.78 is 26.8. The first-order chi connectivity index (χ1) is 9.38. The Balaban J connectivity index is 3.30. The second kappa shape index (κ2) is 7.41. The number of rotatable bonds is 7. The summed E-state index contributed by atoms with van der Waals surface area (Å²) in [5.74, 6) is 0. The highest BCUT2D eigenvalue weighted by molar-refractivity contribution is 7.89. The average Bonchev–Trinajstić information content (AvgIpc) is 2.41. The highest BCUT2D eigenvalue weighted by Crippen LogP contribution is 2.27. The van der Waals surface area contributed by atoms with E-state index in [1.807, 2.05) is 13.8 Å². The van der Waals surface area contributed by atoms with Crippen LogP contribution in [0.15, 0.2) is 17.0 Å². The van der Waals surface area contributed by atoms with E-state index in [0.717, 1.165) is 12.8 Å². The maximum Gasteiger partial charge on any atom is 0.243 e. The van der Waals surface area contributed by atoms with Crippen molar-refractivity contribution in [3.63, 3.8) is 0 Å². The number of aliphatic hydroxyl groups excluding tert-OH is 1. The van der Waals surface area contributed by atoms with Crippen molar-refractivity contribution in [2.45, 2.75) is 45.1 Å². The summed E-state index contributed by atoms with van der Waals surface area (Å²) in [5.41, 5.74) is 1.11. The van der Waals surface area contributed by atoms with E-state index in [1.165, 1.54) is 10.4 Å². The van der Waals surface area contributed by atoms with Gasteiger partial charge in [0, 0.05) is 18.1 Å². The Kier molecular flexibility index (Phi) is 6.45. The molecule has 1 aromatic carbocycles. The first-order valence-electron chi connectivity index (χ1n) is 6.78. The molecule has 4 nitrogen and oxygen atoms in total. The van der Waals surface area contributed by atoms with Gasteiger partial charge in [0.15, 0.2) is 0 Å². The van der Waals surface area contributed by atoms with Crippen LogP contribution < -0.4 is 0 Å². The van der Waals surface area contributed by atoms with Crippen molar-refractivity contribution in [3.05, 3.63) is 28.3 Å². The number of sulfonamides is 1. The van der Waals surface area contributed by atoms with Gasteiger partial charge in [0.1, 0.15) is 0 Å². The normalized spacial score (nSPS) is 12.1. The van der Waals surface area contributed by atoms with Crippen LogP contribution in [-0.4, -0.2) is 30.9 Å². The first-order valence-corrected chi connectivity index (χ1v) is 8.60. The molecule has 0 saturated carbocycles. The molecule has 0 atom stereocenters. The van der Waals surface area contributed by atoms with Gasteiger partial charge in [-0.25, -0.2) is 8.42 Å². The molecule has 0 bridgehead atoms. The SMILES string of the molecule is CCCCN(CC)S(=O)(=O)c1cc(Cl)cc(CO)c1C. The Morgan fingerprint density at radius 2 is 1.95 bits per heavy atom. The molecule has 0 aliphatic rings. The van der Waals surface area contributed by atoms with Crippen molar-refractivity contribution in [1.82, 2.24) is 4.31 Å². The maximum atomic E-state index is 12.7. The van der Waals surface area contributed by atoms with Crippen LogP contribution in [0.2, 0.25) is 5.02 Å². The first kappa shape index (κ1) is 17.4. The smallest absolute Gasteiger partial charge is 0.243 e. The van der Waals surface area contributed by atoms with Gasteiger partial charge in [0.25, 0.3) is 0 Å². The zero-order valence-corrected chi connectivity index (χ0v) is 13.8. The molecule has 1 N–H and O–H groups in total. The minimum absolute atomic E-state index is 0.187. The van der Waals surface area contributed by atoms with Crippen molar-refractivity contribution in [2.75, 3.05) is 13.1 Å². The maximum absolute atomic E-state index is 12.7. The van der Waals surface area contributed by atoms with Crippen LogP contribution in [0.4, 0.5) is 0 Å². The van der Waals surface area contributed by atoms with Crippen molar-refractivity contribution >= 4 is 21.6 Å². The molecule has 0 fully saturated rings. The van der Waals surface area contributed by atoms with Crippen LogP contribution in [0.25, 0.3) is 0 Å². The number of benzene rings is 1. The molecule has 0 aliphatic heterocycles. The van der Waals surface area contributed by atoms with Gasteiger partial charge in [-0.05, 0) is 36.6 Å². The van der Waals surface area contributed by atoms with Crippen molar-refractivity contribution < 1.29 is 13.5 Å². The van der Waals surface area contributed by atoms with Crippen molar-refractivity contribution in [2.24, 2.45) is 0 Å². The van der Waals surface area contributed by atoms with E-state index in [1.54, 1.807) is 13.0 Å². The molecule has 0 unspecified atom stereocenters. The molecule has 0 amide bonds.